The van der Waals surface area contributed by atoms with Crippen molar-refractivity contribution in [3.05, 3.63) is 35.9 Å². The van der Waals surface area contributed by atoms with Crippen LogP contribution >= 0.6 is 0 Å². The van der Waals surface area contributed by atoms with Gasteiger partial charge in [-0.15, -0.1) is 0 Å². The van der Waals surface area contributed by atoms with Crippen molar-refractivity contribution in [1.29, 1.82) is 0 Å². The number of ether oxygens (including phenoxy) is 1. The van der Waals surface area contributed by atoms with Crippen molar-refractivity contribution in [2.45, 2.75) is 37.8 Å². The maximum Gasteiger partial charge on any atom is 0.317 e. The molecule has 1 aromatic rings. The fourth-order valence-electron chi connectivity index (χ4n) is 3.17. The molecule has 1 aliphatic rings. The van der Waals surface area contributed by atoms with Crippen molar-refractivity contribution in [2.24, 2.45) is 5.92 Å². The first-order valence-corrected chi connectivity index (χ1v) is 8.35. The third kappa shape index (κ3) is 5.22. The highest BCUT2D eigenvalue weighted by molar-refractivity contribution is 5.74. The van der Waals surface area contributed by atoms with Gasteiger partial charge in [0.15, 0.2) is 0 Å². The quantitative estimate of drug-likeness (QED) is 0.847. The van der Waals surface area contributed by atoms with Gasteiger partial charge < -0.3 is 20.1 Å². The van der Waals surface area contributed by atoms with Gasteiger partial charge in [0.1, 0.15) is 0 Å². The number of aliphatic hydroxyl groups is 1. The highest BCUT2D eigenvalue weighted by Gasteiger charge is 2.26. The van der Waals surface area contributed by atoms with Crippen LogP contribution in [0.1, 0.15) is 37.3 Å². The Hall–Kier alpha value is -1.59. The van der Waals surface area contributed by atoms with Gasteiger partial charge in [-0.1, -0.05) is 43.2 Å². The third-order valence-electron chi connectivity index (χ3n) is 4.56. The minimum atomic E-state index is -0.289. The molecule has 5 nitrogen and oxygen atoms in total. The Morgan fingerprint density at radius 3 is 2.70 bits per heavy atom. The van der Waals surface area contributed by atoms with Gasteiger partial charge in [-0.05, 0) is 18.4 Å². The number of nitrogens with zero attached hydrogens (tertiary/aromatic N) is 1. The van der Waals surface area contributed by atoms with Gasteiger partial charge in [-0.3, -0.25) is 0 Å². The van der Waals surface area contributed by atoms with Crippen LogP contribution in [0.5, 0.6) is 0 Å². The second kappa shape index (κ2) is 8.89. The molecule has 0 radical (unpaired) electrons. The number of carbonyl (C=O) groups excluding carboxylic acids is 1. The maximum absolute atomic E-state index is 12.5. The van der Waals surface area contributed by atoms with Crippen LogP contribution in [0.4, 0.5) is 4.79 Å². The summed E-state index contributed by atoms with van der Waals surface area (Å²) in [6.45, 7) is 1.01. The predicted octanol–water partition coefficient (Wildman–Crippen LogP) is 2.57. The summed E-state index contributed by atoms with van der Waals surface area (Å²) in [7, 11) is 3.41. The van der Waals surface area contributed by atoms with Gasteiger partial charge in [-0.25, -0.2) is 4.79 Å². The molecule has 3 atom stereocenters. The van der Waals surface area contributed by atoms with Crippen LogP contribution in [-0.4, -0.2) is 49.5 Å². The number of hydrogen-bond donors (Lipinski definition) is 2. The van der Waals surface area contributed by atoms with Gasteiger partial charge >= 0.3 is 6.03 Å². The number of benzene rings is 1. The van der Waals surface area contributed by atoms with Crippen molar-refractivity contribution >= 4 is 6.03 Å². The number of carbonyl (C=O) groups is 1. The first kappa shape index (κ1) is 17.8. The van der Waals surface area contributed by atoms with Crippen LogP contribution in [0.3, 0.4) is 0 Å². The molecule has 3 unspecified atom stereocenters. The van der Waals surface area contributed by atoms with Crippen LogP contribution in [0.15, 0.2) is 30.3 Å². The minimum Gasteiger partial charge on any atom is -0.393 e. The Bertz CT molecular complexity index is 480. The zero-order valence-corrected chi connectivity index (χ0v) is 14.1. The zero-order valence-electron chi connectivity index (χ0n) is 14.1. The van der Waals surface area contributed by atoms with E-state index in [1.807, 2.05) is 30.3 Å². The van der Waals surface area contributed by atoms with Gasteiger partial charge in [0.25, 0.3) is 0 Å². The molecule has 23 heavy (non-hydrogen) atoms. The number of aliphatic hydroxyl groups excluding tert-OH is 1. The monoisotopic (exact) mass is 320 g/mol. The highest BCUT2D eigenvalue weighted by Crippen LogP contribution is 2.25. The second-order valence-electron chi connectivity index (χ2n) is 6.36. The zero-order chi connectivity index (χ0) is 16.7. The predicted molar refractivity (Wildman–Crippen MR) is 90.2 cm³/mol. The van der Waals surface area contributed by atoms with Crippen molar-refractivity contribution in [2.75, 3.05) is 27.3 Å². The molecule has 5 heteroatoms. The standard InChI is InChI=1S/C18H28N2O3/c1-20(12-15-10-6-7-11-17(15)21)18(22)19-16(13-23-2)14-8-4-3-5-9-14/h3-5,8-9,15-17,21H,6-7,10-13H2,1-2H3,(H,19,22). The second-order valence-corrected chi connectivity index (χ2v) is 6.36. The maximum atomic E-state index is 12.5. The Kier molecular flexibility index (Phi) is 6.86. The van der Waals surface area contributed by atoms with Crippen LogP contribution in [0.25, 0.3) is 0 Å². The smallest absolute Gasteiger partial charge is 0.317 e. The number of amides is 2. The molecule has 1 aliphatic carbocycles. The largest absolute Gasteiger partial charge is 0.393 e. The molecule has 2 amide bonds. The lowest BCUT2D eigenvalue weighted by atomic mass is 9.86. The first-order valence-electron chi connectivity index (χ1n) is 8.35. The van der Waals surface area contributed by atoms with E-state index in [4.69, 9.17) is 4.74 Å². The molecular weight excluding hydrogens is 292 g/mol. The first-order chi connectivity index (χ1) is 11.1. The van der Waals surface area contributed by atoms with Crippen LogP contribution in [0.2, 0.25) is 0 Å². The molecule has 0 heterocycles. The number of nitrogens with one attached hydrogen (secondary N) is 1. The fraction of sp³-hybridized carbons (Fsp3) is 0.611. The molecule has 1 fully saturated rings. The van der Waals surface area contributed by atoms with E-state index in [0.717, 1.165) is 31.2 Å². The normalized spacial score (nSPS) is 22.4. The van der Waals surface area contributed by atoms with Crippen LogP contribution in [-0.2, 0) is 4.74 Å². The molecule has 0 aromatic heterocycles. The summed E-state index contributed by atoms with van der Waals surface area (Å²) in [5.74, 6) is 0.178. The fourth-order valence-corrected chi connectivity index (χ4v) is 3.17. The molecule has 2 rings (SSSR count). The van der Waals surface area contributed by atoms with E-state index in [1.54, 1.807) is 19.1 Å². The molecule has 0 saturated heterocycles. The van der Waals surface area contributed by atoms with E-state index in [-0.39, 0.29) is 24.1 Å². The summed E-state index contributed by atoms with van der Waals surface area (Å²) in [6, 6.07) is 9.51. The lowest BCUT2D eigenvalue weighted by Crippen LogP contribution is -2.44. The SMILES string of the molecule is COCC(NC(=O)N(C)CC1CCCCC1O)c1ccccc1. The van der Waals surface area contributed by atoms with Crippen molar-refractivity contribution in [1.82, 2.24) is 10.2 Å². The average Bonchev–Trinajstić information content (AvgIpc) is 2.57. The highest BCUT2D eigenvalue weighted by atomic mass is 16.5. The van der Waals surface area contributed by atoms with E-state index < -0.39 is 0 Å². The third-order valence-corrected chi connectivity index (χ3v) is 4.56. The summed E-state index contributed by atoms with van der Waals surface area (Å²) < 4.78 is 5.23. The molecular formula is C18H28N2O3. The number of rotatable bonds is 6. The van der Waals surface area contributed by atoms with E-state index >= 15 is 0 Å². The molecule has 128 valence electrons. The Morgan fingerprint density at radius 1 is 1.35 bits per heavy atom. The molecule has 0 aliphatic heterocycles. The molecule has 2 N–H and O–H groups in total. The summed E-state index contributed by atoms with van der Waals surface area (Å²) >= 11 is 0. The molecule has 1 saturated carbocycles. The van der Waals surface area contributed by atoms with E-state index in [2.05, 4.69) is 5.32 Å². The van der Waals surface area contributed by atoms with E-state index in [0.29, 0.717) is 13.2 Å². The number of methoxy groups -OCH3 is 1. The summed E-state index contributed by atoms with van der Waals surface area (Å²) in [4.78, 5) is 14.1. The van der Waals surface area contributed by atoms with Crippen LogP contribution < -0.4 is 5.32 Å². The summed E-state index contributed by atoms with van der Waals surface area (Å²) in [6.07, 6.45) is 3.75. The van der Waals surface area contributed by atoms with Crippen molar-refractivity contribution < 1.29 is 14.6 Å². The topological polar surface area (TPSA) is 61.8 Å². The Morgan fingerprint density at radius 2 is 2.04 bits per heavy atom. The number of hydrogen-bond acceptors (Lipinski definition) is 3. The summed E-state index contributed by atoms with van der Waals surface area (Å²) in [5, 5.41) is 13.1. The van der Waals surface area contributed by atoms with E-state index in [9.17, 15) is 9.90 Å². The average molecular weight is 320 g/mol. The van der Waals surface area contributed by atoms with Crippen molar-refractivity contribution in [3.8, 4) is 0 Å². The lowest BCUT2D eigenvalue weighted by molar-refractivity contribution is 0.0558. The van der Waals surface area contributed by atoms with Crippen LogP contribution in [0, 0.1) is 5.92 Å². The molecule has 1 aromatic carbocycles. The Labute approximate surface area is 138 Å². The van der Waals surface area contributed by atoms with Gasteiger partial charge in [-0.2, -0.15) is 0 Å². The Balaban J connectivity index is 1.92. The van der Waals surface area contributed by atoms with Gasteiger partial charge in [0.05, 0.1) is 18.8 Å². The summed E-state index contributed by atoms with van der Waals surface area (Å²) in [5.41, 5.74) is 1.02. The lowest BCUT2D eigenvalue weighted by Gasteiger charge is -2.32. The van der Waals surface area contributed by atoms with Crippen molar-refractivity contribution in [3.63, 3.8) is 0 Å². The van der Waals surface area contributed by atoms with Gasteiger partial charge in [0.2, 0.25) is 0 Å². The van der Waals surface area contributed by atoms with Gasteiger partial charge in [0, 0.05) is 26.6 Å². The molecule has 0 bridgehead atoms. The van der Waals surface area contributed by atoms with E-state index in [1.165, 1.54) is 0 Å². The number of urea groups is 1. The molecule has 0 spiro atoms. The minimum absolute atomic E-state index is 0.131.